The number of hydrogen-bond acceptors (Lipinski definition) is 2. The van der Waals surface area contributed by atoms with E-state index in [1.807, 2.05) is 0 Å². The summed E-state index contributed by atoms with van der Waals surface area (Å²) < 4.78 is 0. The normalized spacial score (nSPS) is 11.2. The van der Waals surface area contributed by atoms with Gasteiger partial charge in [0.25, 0.3) is 0 Å². The third kappa shape index (κ3) is 11.4. The van der Waals surface area contributed by atoms with Crippen LogP contribution in [0, 0.1) is 11.8 Å². The highest BCUT2D eigenvalue weighted by Crippen LogP contribution is 2.15. The molecule has 0 amide bonds. The molecule has 0 aliphatic carbocycles. The fraction of sp³-hybridized carbons (Fsp3) is 0.727. The Labute approximate surface area is 150 Å². The van der Waals surface area contributed by atoms with Crippen molar-refractivity contribution in [3.8, 4) is 0 Å². The third-order valence-electron chi connectivity index (χ3n) is 4.46. The molecule has 0 heterocycles. The van der Waals surface area contributed by atoms with Gasteiger partial charge in [-0.2, -0.15) is 0 Å². The Balaban J connectivity index is 2.06. The maximum absolute atomic E-state index is 3.53. The van der Waals surface area contributed by atoms with Crippen LogP contribution in [0.2, 0.25) is 0 Å². The van der Waals surface area contributed by atoms with Crippen molar-refractivity contribution < 1.29 is 0 Å². The second-order valence-electron chi connectivity index (χ2n) is 7.92. The Bertz CT molecular complexity index is 356. The zero-order valence-corrected chi connectivity index (χ0v) is 16.5. The van der Waals surface area contributed by atoms with Gasteiger partial charge in [-0.15, -0.1) is 0 Å². The number of anilines is 2. The van der Waals surface area contributed by atoms with E-state index in [0.717, 1.165) is 24.9 Å². The van der Waals surface area contributed by atoms with Gasteiger partial charge in [0.1, 0.15) is 0 Å². The molecule has 0 bridgehead atoms. The highest BCUT2D eigenvalue weighted by Gasteiger charge is 1.97. The summed E-state index contributed by atoms with van der Waals surface area (Å²) in [4.78, 5) is 0. The molecule has 0 aliphatic heterocycles. The second kappa shape index (κ2) is 13.1. The summed E-state index contributed by atoms with van der Waals surface area (Å²) in [5.74, 6) is 1.68. The van der Waals surface area contributed by atoms with Crippen LogP contribution >= 0.6 is 0 Å². The lowest BCUT2D eigenvalue weighted by Crippen LogP contribution is -2.03. The maximum atomic E-state index is 3.53. The fourth-order valence-electron chi connectivity index (χ4n) is 2.88. The van der Waals surface area contributed by atoms with Gasteiger partial charge in [-0.1, -0.05) is 66.2 Å². The topological polar surface area (TPSA) is 24.1 Å². The molecule has 138 valence electrons. The lowest BCUT2D eigenvalue weighted by molar-refractivity contribution is 0.531. The molecule has 24 heavy (non-hydrogen) atoms. The van der Waals surface area contributed by atoms with Crippen LogP contribution < -0.4 is 10.6 Å². The summed E-state index contributed by atoms with van der Waals surface area (Å²) in [6.07, 6.45) is 10.6. The van der Waals surface area contributed by atoms with E-state index in [1.54, 1.807) is 0 Å². The van der Waals surface area contributed by atoms with Gasteiger partial charge in [0, 0.05) is 24.5 Å². The standard InChI is InChI=1S/C22H40N2/c1-19(2)11-7-5-9-17-23-21-13-15-22(16-14-21)24-18-10-6-8-12-20(3)4/h13-16,19-20,23-24H,5-12,17-18H2,1-4H3. The molecule has 0 saturated carbocycles. The summed E-state index contributed by atoms with van der Waals surface area (Å²) in [7, 11) is 0. The molecule has 0 fully saturated rings. The molecule has 2 nitrogen and oxygen atoms in total. The van der Waals surface area contributed by atoms with Crippen LogP contribution in [0.4, 0.5) is 11.4 Å². The predicted molar refractivity (Wildman–Crippen MR) is 110 cm³/mol. The number of unbranched alkanes of at least 4 members (excludes halogenated alkanes) is 4. The van der Waals surface area contributed by atoms with Gasteiger partial charge in [-0.05, 0) is 48.9 Å². The molecular weight excluding hydrogens is 292 g/mol. The first-order chi connectivity index (χ1) is 11.6. The van der Waals surface area contributed by atoms with Crippen LogP contribution in [-0.2, 0) is 0 Å². The molecule has 0 unspecified atom stereocenters. The monoisotopic (exact) mass is 332 g/mol. The average molecular weight is 333 g/mol. The minimum Gasteiger partial charge on any atom is -0.385 e. The minimum atomic E-state index is 0.841. The molecule has 0 atom stereocenters. The van der Waals surface area contributed by atoms with E-state index in [9.17, 15) is 0 Å². The van der Waals surface area contributed by atoms with E-state index in [-0.39, 0.29) is 0 Å². The van der Waals surface area contributed by atoms with Crippen LogP contribution in [-0.4, -0.2) is 13.1 Å². The van der Waals surface area contributed by atoms with Gasteiger partial charge in [-0.25, -0.2) is 0 Å². The van der Waals surface area contributed by atoms with E-state index in [0.29, 0.717) is 0 Å². The van der Waals surface area contributed by atoms with Crippen LogP contribution in [0.3, 0.4) is 0 Å². The zero-order valence-electron chi connectivity index (χ0n) is 16.5. The molecule has 0 radical (unpaired) electrons. The van der Waals surface area contributed by atoms with Crippen molar-refractivity contribution in [3.05, 3.63) is 24.3 Å². The Hall–Kier alpha value is -1.18. The summed E-state index contributed by atoms with van der Waals surface area (Å²) in [5, 5.41) is 7.05. The third-order valence-corrected chi connectivity index (χ3v) is 4.46. The molecule has 0 aromatic heterocycles. The maximum Gasteiger partial charge on any atom is 0.0341 e. The van der Waals surface area contributed by atoms with E-state index < -0.39 is 0 Å². The molecule has 0 aliphatic rings. The molecule has 1 rings (SSSR count). The largest absolute Gasteiger partial charge is 0.385 e. The Morgan fingerprint density at radius 2 is 0.958 bits per heavy atom. The molecule has 0 spiro atoms. The lowest BCUT2D eigenvalue weighted by atomic mass is 10.1. The van der Waals surface area contributed by atoms with E-state index in [2.05, 4.69) is 62.6 Å². The van der Waals surface area contributed by atoms with Crippen molar-refractivity contribution >= 4 is 11.4 Å². The predicted octanol–water partition coefficient (Wildman–Crippen LogP) is 6.94. The molecule has 1 aromatic carbocycles. The first-order valence-electron chi connectivity index (χ1n) is 10.2. The number of nitrogens with one attached hydrogen (secondary N) is 2. The second-order valence-corrected chi connectivity index (χ2v) is 7.92. The van der Waals surface area contributed by atoms with Crippen molar-refractivity contribution in [2.24, 2.45) is 11.8 Å². The minimum absolute atomic E-state index is 0.841. The van der Waals surface area contributed by atoms with Crippen LogP contribution in [0.15, 0.2) is 24.3 Å². The summed E-state index contributed by atoms with van der Waals surface area (Å²) in [5.41, 5.74) is 2.47. The molecule has 2 N–H and O–H groups in total. The SMILES string of the molecule is CC(C)CCCCCNc1ccc(NCCCCCC(C)C)cc1. The summed E-state index contributed by atoms with van der Waals surface area (Å²) in [6, 6.07) is 8.76. The Morgan fingerprint density at radius 1 is 0.583 bits per heavy atom. The molecule has 1 aromatic rings. The van der Waals surface area contributed by atoms with Crippen molar-refractivity contribution in [1.29, 1.82) is 0 Å². The first kappa shape index (κ1) is 20.9. The number of rotatable bonds is 14. The molecular formula is C22H40N2. The highest BCUT2D eigenvalue weighted by molar-refractivity contribution is 5.53. The molecule has 2 heteroatoms. The van der Waals surface area contributed by atoms with Crippen LogP contribution in [0.5, 0.6) is 0 Å². The van der Waals surface area contributed by atoms with Gasteiger partial charge in [0.05, 0.1) is 0 Å². The Morgan fingerprint density at radius 3 is 1.29 bits per heavy atom. The van der Waals surface area contributed by atoms with Crippen molar-refractivity contribution in [1.82, 2.24) is 0 Å². The number of benzene rings is 1. The van der Waals surface area contributed by atoms with Gasteiger partial charge in [0.15, 0.2) is 0 Å². The average Bonchev–Trinajstić information content (AvgIpc) is 2.54. The van der Waals surface area contributed by atoms with Gasteiger partial charge in [-0.3, -0.25) is 0 Å². The van der Waals surface area contributed by atoms with Crippen molar-refractivity contribution in [2.75, 3.05) is 23.7 Å². The van der Waals surface area contributed by atoms with Crippen LogP contribution in [0.25, 0.3) is 0 Å². The van der Waals surface area contributed by atoms with Crippen molar-refractivity contribution in [3.63, 3.8) is 0 Å². The fourth-order valence-corrected chi connectivity index (χ4v) is 2.88. The zero-order chi connectivity index (χ0) is 17.6. The molecule has 0 saturated heterocycles. The van der Waals surface area contributed by atoms with E-state index in [1.165, 1.54) is 62.7 Å². The lowest BCUT2D eigenvalue weighted by Gasteiger charge is -2.10. The summed E-state index contributed by atoms with van der Waals surface area (Å²) in [6.45, 7) is 11.4. The highest BCUT2D eigenvalue weighted by atomic mass is 14.9. The summed E-state index contributed by atoms with van der Waals surface area (Å²) >= 11 is 0. The first-order valence-corrected chi connectivity index (χ1v) is 10.2. The smallest absolute Gasteiger partial charge is 0.0341 e. The quantitative estimate of drug-likeness (QED) is 0.360. The van der Waals surface area contributed by atoms with Crippen molar-refractivity contribution in [2.45, 2.75) is 79.1 Å². The van der Waals surface area contributed by atoms with Crippen LogP contribution in [0.1, 0.15) is 79.1 Å². The van der Waals surface area contributed by atoms with Gasteiger partial charge >= 0.3 is 0 Å². The van der Waals surface area contributed by atoms with E-state index in [4.69, 9.17) is 0 Å². The van der Waals surface area contributed by atoms with E-state index >= 15 is 0 Å². The van der Waals surface area contributed by atoms with Gasteiger partial charge in [0.2, 0.25) is 0 Å². The number of hydrogen-bond donors (Lipinski definition) is 2. The Kier molecular flexibility index (Phi) is 11.4. The van der Waals surface area contributed by atoms with Gasteiger partial charge < -0.3 is 10.6 Å².